The van der Waals surface area contributed by atoms with Crippen LogP contribution >= 0.6 is 0 Å². The molecular formula is C27H23N. The monoisotopic (exact) mass is 361 g/mol. The summed E-state index contributed by atoms with van der Waals surface area (Å²) in [5.74, 6) is 0. The van der Waals surface area contributed by atoms with Crippen molar-refractivity contribution >= 4 is 11.1 Å². The van der Waals surface area contributed by atoms with E-state index in [0.29, 0.717) is 6.54 Å². The van der Waals surface area contributed by atoms with Crippen LogP contribution in [-0.2, 0) is 6.54 Å². The predicted molar refractivity (Wildman–Crippen MR) is 119 cm³/mol. The van der Waals surface area contributed by atoms with Gasteiger partial charge in [0.25, 0.3) is 0 Å². The Morgan fingerprint density at radius 2 is 0.750 bits per heavy atom. The topological polar surface area (TPSA) is 26.0 Å². The van der Waals surface area contributed by atoms with Gasteiger partial charge in [0.15, 0.2) is 0 Å². The molecular weight excluding hydrogens is 338 g/mol. The smallest absolute Gasteiger partial charge is 0.0178 e. The van der Waals surface area contributed by atoms with Gasteiger partial charge in [-0.05, 0) is 39.0 Å². The van der Waals surface area contributed by atoms with Crippen molar-refractivity contribution in [1.29, 1.82) is 0 Å². The van der Waals surface area contributed by atoms with Crippen LogP contribution in [0.15, 0.2) is 115 Å². The van der Waals surface area contributed by atoms with Gasteiger partial charge in [0, 0.05) is 6.54 Å². The van der Waals surface area contributed by atoms with E-state index < -0.39 is 0 Å². The van der Waals surface area contributed by atoms with Gasteiger partial charge in [0.2, 0.25) is 0 Å². The summed E-state index contributed by atoms with van der Waals surface area (Å²) >= 11 is 0. The predicted octanol–water partition coefficient (Wildman–Crippen LogP) is 6.15. The summed E-state index contributed by atoms with van der Waals surface area (Å²) in [6.45, 7) is 0.550. The normalized spacial score (nSPS) is 10.5. The highest BCUT2D eigenvalue weighted by Crippen LogP contribution is 2.36. The number of hydrogen-bond donors (Lipinski definition) is 1. The Bertz CT molecular complexity index is 1010. The van der Waals surface area contributed by atoms with Crippen molar-refractivity contribution in [1.82, 2.24) is 0 Å². The van der Waals surface area contributed by atoms with E-state index in [4.69, 9.17) is 5.73 Å². The summed E-state index contributed by atoms with van der Waals surface area (Å²) in [4.78, 5) is 0. The summed E-state index contributed by atoms with van der Waals surface area (Å²) in [5.41, 5.74) is 14.2. The second-order valence-electron chi connectivity index (χ2n) is 6.75. The number of benzene rings is 4. The lowest BCUT2D eigenvalue weighted by Gasteiger charge is -2.18. The van der Waals surface area contributed by atoms with Crippen LogP contribution in [0, 0.1) is 0 Å². The molecule has 0 spiro atoms. The highest BCUT2D eigenvalue weighted by Gasteiger charge is 2.15. The molecule has 0 atom stereocenters. The first-order valence-corrected chi connectivity index (χ1v) is 9.57. The Morgan fingerprint density at radius 1 is 0.429 bits per heavy atom. The SMILES string of the molecule is NCc1ccc(C(=C(c2ccccc2)c2ccccc2)c2ccccc2)cc1. The Kier molecular flexibility index (Phi) is 5.46. The lowest BCUT2D eigenvalue weighted by atomic mass is 9.85. The molecule has 0 aliphatic carbocycles. The van der Waals surface area contributed by atoms with Gasteiger partial charge in [-0.25, -0.2) is 0 Å². The van der Waals surface area contributed by atoms with Gasteiger partial charge in [-0.15, -0.1) is 0 Å². The minimum absolute atomic E-state index is 0.550. The van der Waals surface area contributed by atoms with E-state index in [0.717, 1.165) is 5.56 Å². The molecule has 0 fully saturated rings. The minimum Gasteiger partial charge on any atom is -0.326 e. The van der Waals surface area contributed by atoms with Crippen LogP contribution in [0.1, 0.15) is 27.8 Å². The van der Waals surface area contributed by atoms with E-state index in [-0.39, 0.29) is 0 Å². The van der Waals surface area contributed by atoms with Crippen molar-refractivity contribution in [3.8, 4) is 0 Å². The van der Waals surface area contributed by atoms with Crippen LogP contribution in [0.3, 0.4) is 0 Å². The molecule has 4 rings (SSSR count). The fraction of sp³-hybridized carbons (Fsp3) is 0.0370. The second-order valence-corrected chi connectivity index (χ2v) is 6.75. The van der Waals surface area contributed by atoms with E-state index in [1.807, 2.05) is 0 Å². The van der Waals surface area contributed by atoms with Gasteiger partial charge in [-0.2, -0.15) is 0 Å². The zero-order valence-electron chi connectivity index (χ0n) is 15.8. The zero-order valence-corrected chi connectivity index (χ0v) is 15.8. The summed E-state index contributed by atoms with van der Waals surface area (Å²) < 4.78 is 0. The molecule has 28 heavy (non-hydrogen) atoms. The van der Waals surface area contributed by atoms with Crippen LogP contribution in [0.4, 0.5) is 0 Å². The van der Waals surface area contributed by atoms with Gasteiger partial charge in [0.05, 0.1) is 0 Å². The van der Waals surface area contributed by atoms with Crippen LogP contribution in [0.25, 0.3) is 11.1 Å². The summed E-state index contributed by atoms with van der Waals surface area (Å²) in [5, 5.41) is 0. The Hall–Kier alpha value is -3.42. The fourth-order valence-corrected chi connectivity index (χ4v) is 3.53. The molecule has 1 heteroatoms. The van der Waals surface area contributed by atoms with Crippen molar-refractivity contribution in [3.05, 3.63) is 143 Å². The molecule has 2 N–H and O–H groups in total. The quantitative estimate of drug-likeness (QED) is 0.424. The van der Waals surface area contributed by atoms with Gasteiger partial charge in [-0.1, -0.05) is 115 Å². The van der Waals surface area contributed by atoms with Gasteiger partial charge < -0.3 is 5.73 Å². The lowest BCUT2D eigenvalue weighted by molar-refractivity contribution is 1.07. The standard InChI is InChI=1S/C27H23N/c28-20-21-16-18-25(19-17-21)27(24-14-8-3-9-15-24)26(22-10-4-1-5-11-22)23-12-6-2-7-13-23/h1-19H,20,28H2. The van der Waals surface area contributed by atoms with E-state index >= 15 is 0 Å². The molecule has 4 aromatic rings. The second kappa shape index (κ2) is 8.51. The van der Waals surface area contributed by atoms with Crippen molar-refractivity contribution in [3.63, 3.8) is 0 Å². The third-order valence-electron chi connectivity index (χ3n) is 4.92. The van der Waals surface area contributed by atoms with Crippen LogP contribution in [0.5, 0.6) is 0 Å². The maximum absolute atomic E-state index is 5.82. The molecule has 136 valence electrons. The number of nitrogens with two attached hydrogens (primary N) is 1. The molecule has 0 aromatic heterocycles. The van der Waals surface area contributed by atoms with E-state index in [1.54, 1.807) is 0 Å². The van der Waals surface area contributed by atoms with Crippen LogP contribution in [-0.4, -0.2) is 0 Å². The largest absolute Gasteiger partial charge is 0.326 e. The fourth-order valence-electron chi connectivity index (χ4n) is 3.53. The van der Waals surface area contributed by atoms with E-state index in [2.05, 4.69) is 115 Å². The molecule has 0 radical (unpaired) electrons. The molecule has 0 bridgehead atoms. The Balaban J connectivity index is 2.05. The summed E-state index contributed by atoms with van der Waals surface area (Å²) in [7, 11) is 0. The average molecular weight is 361 g/mol. The molecule has 0 aliphatic rings. The lowest BCUT2D eigenvalue weighted by Crippen LogP contribution is -1.99. The van der Waals surface area contributed by atoms with Crippen molar-refractivity contribution in [2.24, 2.45) is 5.73 Å². The number of hydrogen-bond acceptors (Lipinski definition) is 1. The van der Waals surface area contributed by atoms with E-state index in [9.17, 15) is 0 Å². The molecule has 0 amide bonds. The van der Waals surface area contributed by atoms with Crippen LogP contribution in [0.2, 0.25) is 0 Å². The molecule has 0 saturated carbocycles. The molecule has 1 nitrogen and oxygen atoms in total. The minimum atomic E-state index is 0.550. The summed E-state index contributed by atoms with van der Waals surface area (Å²) in [6.07, 6.45) is 0. The molecule has 4 aromatic carbocycles. The maximum Gasteiger partial charge on any atom is 0.0178 e. The first-order valence-electron chi connectivity index (χ1n) is 9.57. The van der Waals surface area contributed by atoms with Crippen molar-refractivity contribution in [2.75, 3.05) is 0 Å². The van der Waals surface area contributed by atoms with Gasteiger partial charge in [0.1, 0.15) is 0 Å². The van der Waals surface area contributed by atoms with Crippen molar-refractivity contribution in [2.45, 2.75) is 6.54 Å². The van der Waals surface area contributed by atoms with Gasteiger partial charge >= 0.3 is 0 Å². The number of rotatable bonds is 5. The van der Waals surface area contributed by atoms with E-state index in [1.165, 1.54) is 33.4 Å². The third kappa shape index (κ3) is 3.80. The highest BCUT2D eigenvalue weighted by molar-refractivity contribution is 6.04. The van der Waals surface area contributed by atoms with Gasteiger partial charge in [-0.3, -0.25) is 0 Å². The molecule has 0 heterocycles. The maximum atomic E-state index is 5.82. The molecule has 0 unspecified atom stereocenters. The Morgan fingerprint density at radius 3 is 1.07 bits per heavy atom. The first kappa shape index (κ1) is 18.0. The van der Waals surface area contributed by atoms with Crippen LogP contribution < -0.4 is 5.73 Å². The first-order chi connectivity index (χ1) is 13.9. The Labute approximate surface area is 166 Å². The third-order valence-corrected chi connectivity index (χ3v) is 4.92. The highest BCUT2D eigenvalue weighted by atomic mass is 14.5. The average Bonchev–Trinajstić information content (AvgIpc) is 2.79. The van der Waals surface area contributed by atoms with Crippen molar-refractivity contribution < 1.29 is 0 Å². The zero-order chi connectivity index (χ0) is 19.2. The molecule has 0 saturated heterocycles. The molecule has 0 aliphatic heterocycles. The summed E-state index contributed by atoms with van der Waals surface area (Å²) in [6, 6.07) is 40.4.